The van der Waals surface area contributed by atoms with Gasteiger partial charge in [0.1, 0.15) is 0 Å². The van der Waals surface area contributed by atoms with Gasteiger partial charge in [-0.1, -0.05) is 140 Å². The van der Waals surface area contributed by atoms with E-state index in [1.165, 1.54) is 32.7 Å². The van der Waals surface area contributed by atoms with Gasteiger partial charge in [-0.05, 0) is 94.0 Å². The second kappa shape index (κ2) is 12.3. The van der Waals surface area contributed by atoms with E-state index in [2.05, 4.69) is 160 Å². The molecule has 1 aliphatic heterocycles. The molecular formula is C50H34N3OP. The highest BCUT2D eigenvalue weighted by atomic mass is 31.2. The van der Waals surface area contributed by atoms with E-state index < -0.39 is 7.44 Å². The van der Waals surface area contributed by atoms with Gasteiger partial charge >= 0.3 is 7.44 Å². The first-order valence-electron chi connectivity index (χ1n) is 18.6. The third kappa shape index (κ3) is 4.75. The van der Waals surface area contributed by atoms with Crippen molar-refractivity contribution in [3.05, 3.63) is 206 Å². The van der Waals surface area contributed by atoms with Crippen molar-refractivity contribution in [2.75, 3.05) is 9.34 Å². The molecule has 2 heterocycles. The van der Waals surface area contributed by atoms with Crippen LogP contribution in [0.4, 0.5) is 22.7 Å². The summed E-state index contributed by atoms with van der Waals surface area (Å²) < 4.78 is 23.2. The molecule has 0 saturated carbocycles. The second-order valence-corrected chi connectivity index (χ2v) is 16.5. The predicted octanol–water partition coefficient (Wildman–Crippen LogP) is 13.6. The lowest BCUT2D eigenvalue weighted by Gasteiger charge is -2.34. The molecule has 9 aromatic carbocycles. The highest BCUT2D eigenvalue weighted by molar-refractivity contribution is 7.76. The van der Waals surface area contributed by atoms with Crippen molar-refractivity contribution in [1.29, 1.82) is 0 Å². The number of para-hydroxylation sites is 3. The third-order valence-electron chi connectivity index (χ3n) is 11.1. The monoisotopic (exact) mass is 723 g/mol. The Morgan fingerprint density at radius 3 is 1.62 bits per heavy atom. The normalized spacial score (nSPS) is 15.3. The van der Waals surface area contributed by atoms with Gasteiger partial charge in [0.25, 0.3) is 0 Å². The van der Waals surface area contributed by atoms with Gasteiger partial charge < -0.3 is 4.57 Å². The van der Waals surface area contributed by atoms with Crippen molar-refractivity contribution in [1.82, 2.24) is 4.57 Å². The van der Waals surface area contributed by atoms with Crippen LogP contribution in [0.1, 0.15) is 0 Å². The zero-order chi connectivity index (χ0) is 36.5. The molecule has 0 bridgehead atoms. The average molecular weight is 724 g/mol. The molecule has 10 aromatic rings. The lowest BCUT2D eigenvalue weighted by Crippen LogP contribution is -2.27. The van der Waals surface area contributed by atoms with Crippen molar-refractivity contribution in [3.8, 4) is 16.8 Å². The van der Waals surface area contributed by atoms with Gasteiger partial charge in [-0.25, -0.2) is 0 Å². The van der Waals surface area contributed by atoms with Gasteiger partial charge in [-0.2, -0.15) is 0 Å². The van der Waals surface area contributed by atoms with Gasteiger partial charge in [0.05, 0.1) is 33.4 Å². The van der Waals surface area contributed by atoms with E-state index in [0.29, 0.717) is 0 Å². The van der Waals surface area contributed by atoms with Crippen LogP contribution in [0, 0.1) is 0 Å². The molecule has 55 heavy (non-hydrogen) atoms. The van der Waals surface area contributed by atoms with Crippen LogP contribution in [-0.2, 0) is 4.57 Å². The zero-order valence-electron chi connectivity index (χ0n) is 29.8. The van der Waals surface area contributed by atoms with Crippen LogP contribution in [0.5, 0.6) is 0 Å². The van der Waals surface area contributed by atoms with Crippen molar-refractivity contribution in [2.45, 2.75) is 0 Å². The first-order chi connectivity index (χ1) is 27.2. The van der Waals surface area contributed by atoms with Crippen molar-refractivity contribution in [2.24, 2.45) is 0 Å². The molecule has 0 radical (unpaired) electrons. The average Bonchev–Trinajstić information content (AvgIpc) is 3.72. The Morgan fingerprint density at radius 2 is 0.873 bits per heavy atom. The van der Waals surface area contributed by atoms with E-state index in [9.17, 15) is 0 Å². The maximum Gasteiger partial charge on any atom is 0.302 e. The summed E-state index contributed by atoms with van der Waals surface area (Å²) in [5.41, 5.74) is 9.22. The van der Waals surface area contributed by atoms with Crippen molar-refractivity contribution in [3.63, 3.8) is 0 Å². The van der Waals surface area contributed by atoms with Gasteiger partial charge in [0.15, 0.2) is 0 Å². The Kier molecular flexibility index (Phi) is 7.10. The topological polar surface area (TPSA) is 28.5 Å². The molecule has 0 aliphatic carbocycles. The molecule has 1 atom stereocenters. The number of fused-ring (bicyclic) bond motifs is 6. The summed E-state index contributed by atoms with van der Waals surface area (Å²) in [5, 5.41) is 7.67. The predicted molar refractivity (Wildman–Crippen MR) is 232 cm³/mol. The lowest BCUT2D eigenvalue weighted by atomic mass is 10.0. The van der Waals surface area contributed by atoms with Gasteiger partial charge in [-0.3, -0.25) is 13.9 Å². The lowest BCUT2D eigenvalue weighted by molar-refractivity contribution is 0.582. The van der Waals surface area contributed by atoms with E-state index in [0.717, 1.165) is 55.5 Å². The highest BCUT2D eigenvalue weighted by Crippen LogP contribution is 2.70. The summed E-state index contributed by atoms with van der Waals surface area (Å²) in [4.78, 5) is 0. The molecule has 0 amide bonds. The van der Waals surface area contributed by atoms with Crippen LogP contribution < -0.4 is 14.6 Å². The summed E-state index contributed by atoms with van der Waals surface area (Å²) in [7, 11) is -3.58. The quantitative estimate of drug-likeness (QED) is 0.166. The molecule has 0 fully saturated rings. The SMILES string of the molecule is O=P1(c2cccc3ccccc23)N(c2ccccc2)c2ccc(-c3ccc4c(c3)c3ccccc3n4-c3cccc4ccccc34)cc2N1c1ccccc1. The number of hydrogen-bond donors (Lipinski definition) is 0. The van der Waals surface area contributed by atoms with Crippen molar-refractivity contribution >= 4 is 78.8 Å². The molecule has 0 N–H and O–H groups in total. The van der Waals surface area contributed by atoms with Crippen LogP contribution in [0.15, 0.2) is 206 Å². The molecule has 4 nitrogen and oxygen atoms in total. The summed E-state index contributed by atoms with van der Waals surface area (Å²) in [5.74, 6) is 0. The van der Waals surface area contributed by atoms with Gasteiger partial charge in [0, 0.05) is 27.5 Å². The minimum absolute atomic E-state index is 0.804. The molecule has 260 valence electrons. The molecule has 5 heteroatoms. The molecule has 11 rings (SSSR count). The van der Waals surface area contributed by atoms with E-state index in [4.69, 9.17) is 0 Å². The van der Waals surface area contributed by atoms with E-state index in [-0.39, 0.29) is 0 Å². The molecule has 1 aromatic heterocycles. The smallest absolute Gasteiger partial charge is 0.302 e. The minimum atomic E-state index is -3.58. The van der Waals surface area contributed by atoms with Gasteiger partial charge in [0.2, 0.25) is 0 Å². The molecule has 1 unspecified atom stereocenters. The zero-order valence-corrected chi connectivity index (χ0v) is 30.7. The fraction of sp³-hybridized carbons (Fsp3) is 0. The molecule has 0 spiro atoms. The molecule has 1 aliphatic rings. The summed E-state index contributed by atoms with van der Waals surface area (Å²) in [6.45, 7) is 0. The van der Waals surface area contributed by atoms with Gasteiger partial charge in [-0.15, -0.1) is 0 Å². The number of rotatable bonds is 5. The minimum Gasteiger partial charge on any atom is -0.309 e. The fourth-order valence-electron chi connectivity index (χ4n) is 8.66. The third-order valence-corrected chi connectivity index (χ3v) is 14.1. The van der Waals surface area contributed by atoms with E-state index in [1.807, 2.05) is 60.7 Å². The van der Waals surface area contributed by atoms with Crippen LogP contribution in [-0.4, -0.2) is 4.57 Å². The van der Waals surface area contributed by atoms with Crippen LogP contribution in [0.3, 0.4) is 0 Å². The number of benzene rings is 9. The largest absolute Gasteiger partial charge is 0.309 e. The summed E-state index contributed by atoms with van der Waals surface area (Å²) >= 11 is 0. The standard InChI is InChI=1S/C50H34N3OP/c54-55(50-28-14-18-36-16-8-10-24-42(36)50)52(39-19-3-1-4-20-39)48-32-30-38(34-49(48)53(55)40-21-5-2-6-22-40)37-29-31-47-44(33-37)43-25-11-12-26-46(43)51(47)45-27-13-17-35-15-7-9-23-41(35)45/h1-34H. The first-order valence-corrected chi connectivity index (χ1v) is 20.3. The maximum atomic E-state index is 16.6. The summed E-state index contributed by atoms with van der Waals surface area (Å²) in [6, 6.07) is 72.0. The van der Waals surface area contributed by atoms with Crippen LogP contribution in [0.25, 0.3) is 60.2 Å². The highest BCUT2D eigenvalue weighted by Gasteiger charge is 2.49. The maximum absolute atomic E-state index is 16.6. The Morgan fingerprint density at radius 1 is 0.345 bits per heavy atom. The first kappa shape index (κ1) is 31.6. The number of nitrogens with zero attached hydrogens (tertiary/aromatic N) is 3. The van der Waals surface area contributed by atoms with Crippen LogP contribution >= 0.6 is 7.44 Å². The van der Waals surface area contributed by atoms with E-state index in [1.54, 1.807) is 0 Å². The molecular weight excluding hydrogens is 690 g/mol. The van der Waals surface area contributed by atoms with E-state index >= 15 is 4.57 Å². The second-order valence-electron chi connectivity index (χ2n) is 14.1. The Hall–Kier alpha value is -6.87. The van der Waals surface area contributed by atoms with Crippen molar-refractivity contribution < 1.29 is 4.57 Å². The summed E-state index contributed by atoms with van der Waals surface area (Å²) in [6.07, 6.45) is 0. The molecule has 0 saturated heterocycles. The van der Waals surface area contributed by atoms with Crippen LogP contribution in [0.2, 0.25) is 0 Å². The Labute approximate surface area is 319 Å². The Balaban J connectivity index is 1.15. The number of hydrogen-bond acceptors (Lipinski definition) is 1. The number of anilines is 4. The fourth-order valence-corrected chi connectivity index (χ4v) is 11.9. The number of aromatic nitrogens is 1. The Bertz CT molecular complexity index is 3140.